The summed E-state index contributed by atoms with van der Waals surface area (Å²) in [6.45, 7) is 5.38. The van der Waals surface area contributed by atoms with Gasteiger partial charge in [-0.2, -0.15) is 0 Å². The molecule has 30 heavy (non-hydrogen) atoms. The maximum atomic E-state index is 11.6. The van der Waals surface area contributed by atoms with Crippen molar-refractivity contribution in [1.29, 1.82) is 0 Å². The molecule has 0 bridgehead atoms. The second kappa shape index (κ2) is 10.6. The molecule has 0 saturated heterocycles. The molecule has 2 heterocycles. The molecule has 0 unspecified atom stereocenters. The molecule has 4 amide bonds. The lowest BCUT2D eigenvalue weighted by Gasteiger charge is -2.16. The SMILES string of the molecule is CC(=O)Nc1nccc(SSc2ccnc(NC(C)=O)c2NC(C)=O)c1NC(C)=O. The first-order valence-electron chi connectivity index (χ1n) is 8.60. The van der Waals surface area contributed by atoms with Crippen molar-refractivity contribution in [3.05, 3.63) is 24.5 Å². The third-order valence-electron chi connectivity index (χ3n) is 3.24. The Bertz CT molecular complexity index is 919. The summed E-state index contributed by atoms with van der Waals surface area (Å²) < 4.78 is 0. The minimum atomic E-state index is -0.328. The lowest BCUT2D eigenvalue weighted by atomic mass is 10.3. The first kappa shape index (κ1) is 23.2. The van der Waals surface area contributed by atoms with Crippen LogP contribution in [0.4, 0.5) is 23.0 Å². The van der Waals surface area contributed by atoms with Gasteiger partial charge in [0.25, 0.3) is 0 Å². The Hall–Kier alpha value is -3.12. The fourth-order valence-corrected chi connectivity index (χ4v) is 4.48. The van der Waals surface area contributed by atoms with Crippen LogP contribution in [0.3, 0.4) is 0 Å². The average Bonchev–Trinajstić information content (AvgIpc) is 2.62. The third kappa shape index (κ3) is 6.74. The number of pyridine rings is 2. The Balaban J connectivity index is 2.38. The average molecular weight is 449 g/mol. The van der Waals surface area contributed by atoms with Crippen LogP contribution in [0.5, 0.6) is 0 Å². The second-order valence-electron chi connectivity index (χ2n) is 5.96. The van der Waals surface area contributed by atoms with Gasteiger partial charge in [0, 0.05) is 49.9 Å². The molecular weight excluding hydrogens is 428 g/mol. The van der Waals surface area contributed by atoms with Gasteiger partial charge in [0.05, 0.1) is 11.4 Å². The Morgan fingerprint density at radius 2 is 0.967 bits per heavy atom. The summed E-state index contributed by atoms with van der Waals surface area (Å²) in [7, 11) is 2.54. The molecule has 0 aliphatic carbocycles. The van der Waals surface area contributed by atoms with Gasteiger partial charge >= 0.3 is 0 Å². The number of carbonyl (C=O) groups excluding carboxylic acids is 4. The summed E-state index contributed by atoms with van der Waals surface area (Å²) in [5, 5.41) is 10.5. The molecule has 0 spiro atoms. The van der Waals surface area contributed by atoms with Crippen LogP contribution in [0, 0.1) is 0 Å². The first-order chi connectivity index (χ1) is 14.2. The minimum Gasteiger partial charge on any atom is -0.322 e. The predicted molar refractivity (Wildman–Crippen MR) is 117 cm³/mol. The molecule has 0 saturated carbocycles. The molecule has 0 aliphatic rings. The first-order valence-corrected chi connectivity index (χ1v) is 10.7. The Labute approximate surface area is 180 Å². The van der Waals surface area contributed by atoms with E-state index in [0.29, 0.717) is 21.2 Å². The van der Waals surface area contributed by atoms with Crippen LogP contribution in [0.25, 0.3) is 0 Å². The van der Waals surface area contributed by atoms with Crippen molar-refractivity contribution in [2.45, 2.75) is 37.5 Å². The highest BCUT2D eigenvalue weighted by atomic mass is 33.1. The summed E-state index contributed by atoms with van der Waals surface area (Å²) in [5.74, 6) is -0.857. The highest BCUT2D eigenvalue weighted by Gasteiger charge is 2.17. The van der Waals surface area contributed by atoms with Crippen molar-refractivity contribution in [3.63, 3.8) is 0 Å². The Morgan fingerprint density at radius 1 is 0.633 bits per heavy atom. The normalized spacial score (nSPS) is 10.1. The standard InChI is InChI=1S/C18H20N6O4S2/c1-9(25)21-15-13(5-7-19-17(15)23-11(3)27)29-30-14-6-8-20-18(24-12(4)28)16(14)22-10(2)26/h5-8H,1-4H3,(H,21,25)(H,22,26)(H,19,23,27)(H,20,24,28). The van der Waals surface area contributed by atoms with Crippen molar-refractivity contribution in [2.24, 2.45) is 0 Å². The molecule has 0 atom stereocenters. The minimum absolute atomic E-state index is 0.221. The van der Waals surface area contributed by atoms with Crippen LogP contribution in [0.2, 0.25) is 0 Å². The van der Waals surface area contributed by atoms with Crippen LogP contribution in [0.15, 0.2) is 34.3 Å². The van der Waals surface area contributed by atoms with E-state index in [2.05, 4.69) is 31.2 Å². The molecule has 2 aromatic heterocycles. The van der Waals surface area contributed by atoms with E-state index in [1.807, 2.05) is 0 Å². The summed E-state index contributed by atoms with van der Waals surface area (Å²) in [4.78, 5) is 55.7. The summed E-state index contributed by atoms with van der Waals surface area (Å²) in [6.07, 6.45) is 3.01. The zero-order chi connectivity index (χ0) is 22.3. The number of carbonyl (C=O) groups is 4. The van der Waals surface area contributed by atoms with E-state index in [1.165, 1.54) is 61.7 Å². The number of nitrogens with zero attached hydrogens (tertiary/aromatic N) is 2. The van der Waals surface area contributed by atoms with Gasteiger partial charge in [-0.25, -0.2) is 9.97 Å². The van der Waals surface area contributed by atoms with Gasteiger partial charge in [-0.05, 0) is 12.1 Å². The summed E-state index contributed by atoms with van der Waals surface area (Å²) in [6, 6.07) is 3.37. The zero-order valence-corrected chi connectivity index (χ0v) is 18.3. The van der Waals surface area contributed by atoms with Crippen molar-refractivity contribution in [3.8, 4) is 0 Å². The highest BCUT2D eigenvalue weighted by Crippen LogP contribution is 2.46. The lowest BCUT2D eigenvalue weighted by Crippen LogP contribution is -2.14. The van der Waals surface area contributed by atoms with Gasteiger partial charge in [-0.1, -0.05) is 21.6 Å². The Morgan fingerprint density at radius 3 is 1.27 bits per heavy atom. The quantitative estimate of drug-likeness (QED) is 0.473. The number of anilines is 4. The van der Waals surface area contributed by atoms with Crippen LogP contribution in [-0.2, 0) is 19.2 Å². The third-order valence-corrected chi connectivity index (χ3v) is 5.69. The molecule has 10 nitrogen and oxygen atoms in total. The van der Waals surface area contributed by atoms with E-state index in [-0.39, 0.29) is 35.3 Å². The Kier molecular flexibility index (Phi) is 8.18. The number of hydrogen-bond acceptors (Lipinski definition) is 8. The molecule has 0 radical (unpaired) electrons. The van der Waals surface area contributed by atoms with Crippen LogP contribution < -0.4 is 21.3 Å². The maximum Gasteiger partial charge on any atom is 0.222 e. The van der Waals surface area contributed by atoms with Gasteiger partial charge < -0.3 is 21.3 Å². The van der Waals surface area contributed by atoms with E-state index < -0.39 is 0 Å². The van der Waals surface area contributed by atoms with Gasteiger partial charge in [0.2, 0.25) is 23.6 Å². The van der Waals surface area contributed by atoms with Gasteiger partial charge in [-0.3, -0.25) is 19.2 Å². The number of aromatic nitrogens is 2. The van der Waals surface area contributed by atoms with E-state index in [4.69, 9.17) is 0 Å². The predicted octanol–water partition coefficient (Wildman–Crippen LogP) is 3.11. The molecular formula is C18H20N6O4S2. The highest BCUT2D eigenvalue weighted by molar-refractivity contribution is 8.76. The van der Waals surface area contributed by atoms with Gasteiger partial charge in [0.1, 0.15) is 0 Å². The number of hydrogen-bond donors (Lipinski definition) is 4. The monoisotopic (exact) mass is 448 g/mol. The van der Waals surface area contributed by atoms with E-state index in [9.17, 15) is 19.2 Å². The molecule has 2 aromatic rings. The smallest absolute Gasteiger partial charge is 0.222 e. The van der Waals surface area contributed by atoms with E-state index in [1.54, 1.807) is 12.1 Å². The van der Waals surface area contributed by atoms with Crippen molar-refractivity contribution in [2.75, 3.05) is 21.3 Å². The second-order valence-corrected chi connectivity index (χ2v) is 8.17. The van der Waals surface area contributed by atoms with Crippen molar-refractivity contribution in [1.82, 2.24) is 9.97 Å². The summed E-state index contributed by atoms with van der Waals surface area (Å²) >= 11 is 0. The van der Waals surface area contributed by atoms with Gasteiger partial charge in [-0.15, -0.1) is 0 Å². The largest absolute Gasteiger partial charge is 0.322 e. The van der Waals surface area contributed by atoms with E-state index in [0.717, 1.165) is 0 Å². The summed E-state index contributed by atoms with van der Waals surface area (Å²) in [5.41, 5.74) is 0.713. The lowest BCUT2D eigenvalue weighted by molar-refractivity contribution is -0.115. The number of rotatable bonds is 7. The van der Waals surface area contributed by atoms with Crippen LogP contribution >= 0.6 is 21.6 Å². The van der Waals surface area contributed by atoms with Crippen LogP contribution in [-0.4, -0.2) is 33.6 Å². The molecule has 158 valence electrons. The molecule has 4 N–H and O–H groups in total. The molecule has 0 aromatic carbocycles. The van der Waals surface area contributed by atoms with Crippen LogP contribution in [0.1, 0.15) is 27.7 Å². The molecule has 0 aliphatic heterocycles. The maximum absolute atomic E-state index is 11.6. The zero-order valence-electron chi connectivity index (χ0n) is 16.7. The van der Waals surface area contributed by atoms with Crippen molar-refractivity contribution < 1.29 is 19.2 Å². The number of amides is 4. The fourth-order valence-electron chi connectivity index (χ4n) is 2.23. The van der Waals surface area contributed by atoms with Gasteiger partial charge in [0.15, 0.2) is 11.6 Å². The molecule has 0 fully saturated rings. The van der Waals surface area contributed by atoms with Crippen molar-refractivity contribution >= 4 is 68.2 Å². The fraction of sp³-hybridized carbons (Fsp3) is 0.222. The number of nitrogens with one attached hydrogen (secondary N) is 4. The molecule has 12 heteroatoms. The van der Waals surface area contributed by atoms with E-state index >= 15 is 0 Å². The topological polar surface area (TPSA) is 142 Å². The molecule has 2 rings (SSSR count).